The second kappa shape index (κ2) is 7.36. The molecule has 2 aliphatic heterocycles. The zero-order chi connectivity index (χ0) is 18.8. The maximum absolute atomic E-state index is 12.9. The normalized spacial score (nSPS) is 19.6. The van der Waals surface area contributed by atoms with E-state index >= 15 is 0 Å². The molecule has 138 valence electrons. The number of carbonyl (C=O) groups excluding carboxylic acids is 2. The van der Waals surface area contributed by atoms with Crippen molar-refractivity contribution in [1.82, 2.24) is 5.32 Å². The van der Waals surface area contributed by atoms with Crippen molar-refractivity contribution in [2.24, 2.45) is 0 Å². The monoisotopic (exact) mass is 381 g/mol. The minimum absolute atomic E-state index is 0.00741. The average Bonchev–Trinajstić information content (AvgIpc) is 3.15. The molecule has 3 heterocycles. The Morgan fingerprint density at radius 2 is 1.74 bits per heavy atom. The predicted octanol–water partition coefficient (Wildman–Crippen LogP) is 3.10. The van der Waals surface area contributed by atoms with Crippen LogP contribution in [0, 0.1) is 0 Å². The molecule has 7 heteroatoms. The first-order valence-electron chi connectivity index (χ1n) is 8.95. The highest BCUT2D eigenvalue weighted by Crippen LogP contribution is 2.26. The number of hydrogen-bond donors (Lipinski definition) is 1. The van der Waals surface area contributed by atoms with Gasteiger partial charge in [0, 0.05) is 19.2 Å². The Balaban J connectivity index is 1.62. The van der Waals surface area contributed by atoms with Gasteiger partial charge >= 0.3 is 0 Å². The van der Waals surface area contributed by atoms with E-state index in [0.29, 0.717) is 11.4 Å². The molecule has 6 nitrogen and oxygen atoms in total. The third-order valence-electron chi connectivity index (χ3n) is 4.68. The van der Waals surface area contributed by atoms with Gasteiger partial charge in [0.15, 0.2) is 11.0 Å². The number of amides is 2. The number of thiocarbonyl (C=S) groups is 1. The van der Waals surface area contributed by atoms with E-state index in [-0.39, 0.29) is 10.7 Å². The van der Waals surface area contributed by atoms with Gasteiger partial charge in [0.25, 0.3) is 11.8 Å². The summed E-state index contributed by atoms with van der Waals surface area (Å²) in [5.41, 5.74) is 0.596. The molecule has 0 bridgehead atoms. The largest absolute Gasteiger partial charge is 0.441 e. The molecule has 0 aliphatic carbocycles. The van der Waals surface area contributed by atoms with Crippen LogP contribution in [0.3, 0.4) is 0 Å². The average molecular weight is 381 g/mol. The van der Waals surface area contributed by atoms with Crippen LogP contribution in [-0.2, 0) is 9.59 Å². The summed E-state index contributed by atoms with van der Waals surface area (Å²) in [6.45, 7) is 1.91. The molecule has 2 aromatic rings. The van der Waals surface area contributed by atoms with Crippen molar-refractivity contribution in [2.75, 3.05) is 22.9 Å². The minimum atomic E-state index is -0.520. The lowest BCUT2D eigenvalue weighted by Crippen LogP contribution is -2.54. The quantitative estimate of drug-likeness (QED) is 0.503. The van der Waals surface area contributed by atoms with Crippen molar-refractivity contribution in [2.45, 2.75) is 19.3 Å². The minimum Gasteiger partial charge on any atom is -0.441 e. The third kappa shape index (κ3) is 3.50. The molecule has 27 heavy (non-hydrogen) atoms. The lowest BCUT2D eigenvalue weighted by molar-refractivity contribution is -0.122. The number of para-hydroxylation sites is 1. The smallest absolute Gasteiger partial charge is 0.270 e. The highest BCUT2D eigenvalue weighted by atomic mass is 32.1. The van der Waals surface area contributed by atoms with Crippen molar-refractivity contribution in [1.29, 1.82) is 0 Å². The Morgan fingerprint density at radius 1 is 1.00 bits per heavy atom. The number of rotatable bonds is 3. The molecule has 0 atom stereocenters. The van der Waals surface area contributed by atoms with Crippen molar-refractivity contribution in [3.8, 4) is 0 Å². The van der Waals surface area contributed by atoms with E-state index in [1.54, 1.807) is 18.2 Å². The molecule has 1 aromatic heterocycles. The Hall–Kier alpha value is -2.93. The summed E-state index contributed by atoms with van der Waals surface area (Å²) >= 11 is 5.19. The van der Waals surface area contributed by atoms with Gasteiger partial charge in [-0.25, -0.2) is 0 Å². The summed E-state index contributed by atoms with van der Waals surface area (Å²) in [5, 5.41) is 2.65. The summed E-state index contributed by atoms with van der Waals surface area (Å²) in [7, 11) is 0. The first kappa shape index (κ1) is 17.5. The number of furan rings is 1. The summed E-state index contributed by atoms with van der Waals surface area (Å²) in [5.74, 6) is 0.245. The Morgan fingerprint density at radius 3 is 2.48 bits per heavy atom. The number of hydrogen-bond acceptors (Lipinski definition) is 5. The van der Waals surface area contributed by atoms with Crippen molar-refractivity contribution >= 4 is 46.8 Å². The van der Waals surface area contributed by atoms with E-state index < -0.39 is 11.8 Å². The van der Waals surface area contributed by atoms with Crippen LogP contribution in [-0.4, -0.2) is 30.0 Å². The number of nitrogens with zero attached hydrogens (tertiary/aromatic N) is 2. The fraction of sp³-hybridized carbons (Fsp3) is 0.250. The van der Waals surface area contributed by atoms with Crippen LogP contribution in [0.2, 0.25) is 0 Å². The molecule has 0 spiro atoms. The first-order valence-corrected chi connectivity index (χ1v) is 9.35. The molecular weight excluding hydrogens is 362 g/mol. The van der Waals surface area contributed by atoms with Crippen LogP contribution >= 0.6 is 12.2 Å². The van der Waals surface area contributed by atoms with Crippen LogP contribution in [0.4, 0.5) is 11.6 Å². The zero-order valence-electron chi connectivity index (χ0n) is 14.7. The lowest BCUT2D eigenvalue weighted by atomic mass is 10.1. The summed E-state index contributed by atoms with van der Waals surface area (Å²) < 4.78 is 5.86. The fourth-order valence-corrected chi connectivity index (χ4v) is 3.60. The molecule has 4 rings (SSSR count). The molecule has 2 amide bonds. The van der Waals surface area contributed by atoms with Crippen LogP contribution in [0.25, 0.3) is 6.08 Å². The van der Waals surface area contributed by atoms with E-state index in [1.165, 1.54) is 17.4 Å². The van der Waals surface area contributed by atoms with Gasteiger partial charge in [0.05, 0.1) is 5.69 Å². The molecule has 1 N–H and O–H groups in total. The summed E-state index contributed by atoms with van der Waals surface area (Å²) in [4.78, 5) is 28.8. The Labute approximate surface area is 162 Å². The van der Waals surface area contributed by atoms with Gasteiger partial charge in [-0.15, -0.1) is 0 Å². The topological polar surface area (TPSA) is 65.8 Å². The van der Waals surface area contributed by atoms with Crippen molar-refractivity contribution in [3.63, 3.8) is 0 Å². The van der Waals surface area contributed by atoms with Crippen LogP contribution in [0.5, 0.6) is 0 Å². The summed E-state index contributed by atoms with van der Waals surface area (Å²) in [6, 6.07) is 12.6. The van der Waals surface area contributed by atoms with Gasteiger partial charge in [0.2, 0.25) is 0 Å². The fourth-order valence-electron chi connectivity index (χ4n) is 3.32. The number of carbonyl (C=O) groups is 2. The molecular formula is C20H19N3O3S. The molecule has 2 aliphatic rings. The predicted molar refractivity (Wildman–Crippen MR) is 107 cm³/mol. The molecule has 0 radical (unpaired) electrons. The van der Waals surface area contributed by atoms with Crippen LogP contribution in [0.1, 0.15) is 25.0 Å². The Kier molecular flexibility index (Phi) is 4.77. The van der Waals surface area contributed by atoms with Gasteiger partial charge in [-0.2, -0.15) is 0 Å². The maximum atomic E-state index is 12.9. The van der Waals surface area contributed by atoms with E-state index in [9.17, 15) is 9.59 Å². The third-order valence-corrected chi connectivity index (χ3v) is 4.97. The van der Waals surface area contributed by atoms with E-state index in [2.05, 4.69) is 10.2 Å². The second-order valence-electron chi connectivity index (χ2n) is 6.52. The van der Waals surface area contributed by atoms with E-state index in [4.69, 9.17) is 16.6 Å². The van der Waals surface area contributed by atoms with E-state index in [0.717, 1.165) is 31.8 Å². The van der Waals surface area contributed by atoms with Crippen molar-refractivity contribution < 1.29 is 14.0 Å². The summed E-state index contributed by atoms with van der Waals surface area (Å²) in [6.07, 6.45) is 4.99. The van der Waals surface area contributed by atoms with Crippen LogP contribution in [0.15, 0.2) is 52.5 Å². The lowest BCUT2D eigenvalue weighted by Gasteiger charge is -2.28. The maximum Gasteiger partial charge on any atom is 0.270 e. The van der Waals surface area contributed by atoms with Gasteiger partial charge in [-0.3, -0.25) is 19.8 Å². The van der Waals surface area contributed by atoms with Crippen molar-refractivity contribution in [3.05, 3.63) is 53.8 Å². The standard InChI is InChI=1S/C20H19N3O3S/c24-18-16(13-15-9-10-17(26-15)22-11-5-2-6-12-22)19(25)23(20(27)21-18)14-7-3-1-4-8-14/h1,3-4,7-10,13H,2,5-6,11-12H2,(H,21,24,27)/b16-13+. The number of anilines is 2. The second-order valence-corrected chi connectivity index (χ2v) is 6.90. The number of nitrogens with one attached hydrogen (secondary N) is 1. The van der Waals surface area contributed by atoms with Gasteiger partial charge in [-0.05, 0) is 55.8 Å². The molecule has 2 saturated heterocycles. The molecule has 0 saturated carbocycles. The molecule has 2 fully saturated rings. The van der Waals surface area contributed by atoms with Gasteiger partial charge in [-0.1, -0.05) is 18.2 Å². The number of benzene rings is 1. The highest BCUT2D eigenvalue weighted by Gasteiger charge is 2.34. The Bertz CT molecular complexity index is 914. The van der Waals surface area contributed by atoms with E-state index in [1.807, 2.05) is 24.3 Å². The SMILES string of the molecule is O=C1NC(=S)N(c2ccccc2)C(=O)/C1=C/c1ccc(N2CCCCC2)o1. The molecule has 0 unspecified atom stereocenters. The highest BCUT2D eigenvalue weighted by molar-refractivity contribution is 7.80. The number of piperidine rings is 1. The van der Waals surface area contributed by atoms with Gasteiger partial charge < -0.3 is 9.32 Å². The van der Waals surface area contributed by atoms with Gasteiger partial charge in [0.1, 0.15) is 11.3 Å². The van der Waals surface area contributed by atoms with Crippen LogP contribution < -0.4 is 15.1 Å². The zero-order valence-corrected chi connectivity index (χ0v) is 15.5. The first-order chi connectivity index (χ1) is 13.1. The molecule has 1 aromatic carbocycles.